The Hall–Kier alpha value is -2.44. The smallest absolute Gasteiger partial charge is 0.251 e. The van der Waals surface area contributed by atoms with E-state index in [1.54, 1.807) is 6.07 Å². The van der Waals surface area contributed by atoms with Crippen molar-refractivity contribution in [3.8, 4) is 5.82 Å². The predicted molar refractivity (Wildman–Crippen MR) is 70.8 cm³/mol. The Labute approximate surface area is 110 Å². The van der Waals surface area contributed by atoms with Crippen LogP contribution in [0.2, 0.25) is 0 Å². The lowest BCUT2D eigenvalue weighted by Gasteiger charge is -2.17. The molecule has 0 aliphatic rings. The number of primary amides is 1. The van der Waals surface area contributed by atoms with E-state index in [0.717, 1.165) is 0 Å². The molecular formula is C12H16N6O. The van der Waals surface area contributed by atoms with Gasteiger partial charge in [0.05, 0.1) is 11.8 Å². The van der Waals surface area contributed by atoms with Crippen LogP contribution < -0.4 is 11.5 Å². The second-order valence-corrected chi connectivity index (χ2v) is 5.26. The molecule has 0 spiro atoms. The number of carbonyl (C=O) groups is 1. The molecule has 0 radical (unpaired) electrons. The van der Waals surface area contributed by atoms with Crippen LogP contribution in [0.3, 0.4) is 0 Å². The maximum Gasteiger partial charge on any atom is 0.251 e. The number of amides is 1. The minimum absolute atomic E-state index is 0.232. The van der Waals surface area contributed by atoms with Gasteiger partial charge in [-0.3, -0.25) is 4.79 Å². The Morgan fingerprint density at radius 3 is 2.53 bits per heavy atom. The van der Waals surface area contributed by atoms with E-state index in [1.165, 1.54) is 17.1 Å². The molecule has 7 heteroatoms. The van der Waals surface area contributed by atoms with Crippen LogP contribution in [0.4, 0.5) is 5.82 Å². The summed E-state index contributed by atoms with van der Waals surface area (Å²) in [7, 11) is 0. The SMILES string of the molecule is CC(C)(C)c1nc(N)cc(-n2cc(C(N)=O)cn2)n1. The van der Waals surface area contributed by atoms with Gasteiger partial charge in [-0.1, -0.05) is 20.8 Å². The molecule has 7 nitrogen and oxygen atoms in total. The van der Waals surface area contributed by atoms with Gasteiger partial charge in [0.2, 0.25) is 0 Å². The molecule has 0 aromatic carbocycles. The van der Waals surface area contributed by atoms with Gasteiger partial charge in [0.1, 0.15) is 11.6 Å². The summed E-state index contributed by atoms with van der Waals surface area (Å²) in [6.45, 7) is 5.97. The van der Waals surface area contributed by atoms with Gasteiger partial charge in [-0.25, -0.2) is 14.6 Å². The molecule has 0 aliphatic carbocycles. The van der Waals surface area contributed by atoms with Gasteiger partial charge in [0.25, 0.3) is 5.91 Å². The van der Waals surface area contributed by atoms with E-state index in [1.807, 2.05) is 20.8 Å². The zero-order valence-electron chi connectivity index (χ0n) is 11.1. The number of aromatic nitrogens is 4. The van der Waals surface area contributed by atoms with Crippen LogP contribution in [-0.4, -0.2) is 25.7 Å². The van der Waals surface area contributed by atoms with Crippen LogP contribution in [0.15, 0.2) is 18.5 Å². The second-order valence-electron chi connectivity index (χ2n) is 5.26. The molecule has 2 rings (SSSR count). The van der Waals surface area contributed by atoms with E-state index in [0.29, 0.717) is 23.0 Å². The third-order valence-corrected chi connectivity index (χ3v) is 2.51. The highest BCUT2D eigenvalue weighted by molar-refractivity contribution is 5.92. The molecule has 19 heavy (non-hydrogen) atoms. The highest BCUT2D eigenvalue weighted by Gasteiger charge is 2.19. The first-order chi connectivity index (χ1) is 8.77. The normalized spacial score (nSPS) is 11.5. The Morgan fingerprint density at radius 2 is 2.00 bits per heavy atom. The van der Waals surface area contributed by atoms with Crippen LogP contribution in [0.25, 0.3) is 5.82 Å². The van der Waals surface area contributed by atoms with E-state index in [4.69, 9.17) is 11.5 Å². The molecule has 0 aliphatic heterocycles. The minimum atomic E-state index is -0.538. The fraction of sp³-hybridized carbons (Fsp3) is 0.333. The predicted octanol–water partition coefficient (Wildman–Crippen LogP) is 0.641. The summed E-state index contributed by atoms with van der Waals surface area (Å²) in [6.07, 6.45) is 2.90. The number of nitrogens with zero attached hydrogens (tertiary/aromatic N) is 4. The van der Waals surface area contributed by atoms with Crippen molar-refractivity contribution < 1.29 is 4.79 Å². The van der Waals surface area contributed by atoms with Gasteiger partial charge in [-0.05, 0) is 0 Å². The summed E-state index contributed by atoms with van der Waals surface area (Å²) in [5.41, 5.74) is 11.0. The lowest BCUT2D eigenvalue weighted by molar-refractivity contribution is 0.100. The minimum Gasteiger partial charge on any atom is -0.384 e. The number of carbonyl (C=O) groups excluding carboxylic acids is 1. The molecule has 100 valence electrons. The molecule has 4 N–H and O–H groups in total. The van der Waals surface area contributed by atoms with E-state index >= 15 is 0 Å². The van der Waals surface area contributed by atoms with Crippen molar-refractivity contribution in [2.45, 2.75) is 26.2 Å². The van der Waals surface area contributed by atoms with Crippen LogP contribution in [-0.2, 0) is 5.41 Å². The monoisotopic (exact) mass is 260 g/mol. The molecular weight excluding hydrogens is 244 g/mol. The average molecular weight is 260 g/mol. The molecule has 1 amide bonds. The molecule has 0 bridgehead atoms. The first kappa shape index (κ1) is 13.0. The highest BCUT2D eigenvalue weighted by Crippen LogP contribution is 2.20. The molecule has 0 unspecified atom stereocenters. The second kappa shape index (κ2) is 4.34. The molecule has 2 heterocycles. The number of anilines is 1. The van der Waals surface area contributed by atoms with Crippen LogP contribution >= 0.6 is 0 Å². The summed E-state index contributed by atoms with van der Waals surface area (Å²) in [5, 5.41) is 4.04. The molecule has 0 saturated carbocycles. The van der Waals surface area contributed by atoms with Gasteiger partial charge in [0.15, 0.2) is 5.82 Å². The van der Waals surface area contributed by atoms with Gasteiger partial charge < -0.3 is 11.5 Å². The first-order valence-corrected chi connectivity index (χ1v) is 5.77. The third-order valence-electron chi connectivity index (χ3n) is 2.51. The molecule has 0 atom stereocenters. The Balaban J connectivity index is 2.50. The maximum absolute atomic E-state index is 11.1. The number of nitrogen functional groups attached to an aromatic ring is 1. The largest absolute Gasteiger partial charge is 0.384 e. The summed E-state index contributed by atoms with van der Waals surface area (Å²) < 4.78 is 1.45. The lowest BCUT2D eigenvalue weighted by atomic mass is 9.96. The molecule has 0 fully saturated rings. The number of hydrogen-bond donors (Lipinski definition) is 2. The van der Waals surface area contributed by atoms with Gasteiger partial charge >= 0.3 is 0 Å². The Bertz CT molecular complexity index is 625. The summed E-state index contributed by atoms with van der Waals surface area (Å²) >= 11 is 0. The maximum atomic E-state index is 11.1. The zero-order chi connectivity index (χ0) is 14.2. The summed E-state index contributed by atoms with van der Waals surface area (Å²) in [5.74, 6) is 0.930. The van der Waals surface area contributed by atoms with E-state index in [2.05, 4.69) is 15.1 Å². The fourth-order valence-electron chi connectivity index (χ4n) is 1.48. The summed E-state index contributed by atoms with van der Waals surface area (Å²) in [6, 6.07) is 1.59. The van der Waals surface area contributed by atoms with Gasteiger partial charge in [-0.15, -0.1) is 0 Å². The Kier molecular flexibility index (Phi) is 2.97. The van der Waals surface area contributed by atoms with Crippen molar-refractivity contribution in [3.63, 3.8) is 0 Å². The van der Waals surface area contributed by atoms with Gasteiger partial charge in [0, 0.05) is 17.7 Å². The third kappa shape index (κ3) is 2.70. The first-order valence-electron chi connectivity index (χ1n) is 5.77. The number of rotatable bonds is 2. The van der Waals surface area contributed by atoms with Crippen LogP contribution in [0, 0.1) is 0 Å². The fourth-order valence-corrected chi connectivity index (χ4v) is 1.48. The van der Waals surface area contributed by atoms with Crippen molar-refractivity contribution in [1.82, 2.24) is 19.7 Å². The molecule has 0 saturated heterocycles. The van der Waals surface area contributed by atoms with E-state index in [9.17, 15) is 4.79 Å². The van der Waals surface area contributed by atoms with Crippen molar-refractivity contribution in [3.05, 3.63) is 29.8 Å². The molecule has 2 aromatic rings. The van der Waals surface area contributed by atoms with Crippen molar-refractivity contribution in [1.29, 1.82) is 0 Å². The quantitative estimate of drug-likeness (QED) is 0.822. The Morgan fingerprint density at radius 1 is 1.32 bits per heavy atom. The summed E-state index contributed by atoms with van der Waals surface area (Å²) in [4.78, 5) is 19.7. The number of nitrogens with two attached hydrogens (primary N) is 2. The van der Waals surface area contributed by atoms with E-state index < -0.39 is 5.91 Å². The van der Waals surface area contributed by atoms with Crippen LogP contribution in [0.1, 0.15) is 37.0 Å². The van der Waals surface area contributed by atoms with E-state index in [-0.39, 0.29) is 5.41 Å². The standard InChI is InChI=1S/C12H16N6O/c1-12(2,3)11-16-8(13)4-9(17-11)18-6-7(5-15-18)10(14)19/h4-6H,1-3H3,(H2,14,19)(H2,13,16,17). The van der Waals surface area contributed by atoms with Crippen molar-refractivity contribution in [2.24, 2.45) is 5.73 Å². The van der Waals surface area contributed by atoms with Gasteiger partial charge in [-0.2, -0.15) is 5.10 Å². The number of hydrogen-bond acceptors (Lipinski definition) is 5. The van der Waals surface area contributed by atoms with Crippen molar-refractivity contribution >= 4 is 11.7 Å². The topological polar surface area (TPSA) is 113 Å². The zero-order valence-corrected chi connectivity index (χ0v) is 11.1. The molecule has 2 aromatic heterocycles. The highest BCUT2D eigenvalue weighted by atomic mass is 16.1. The van der Waals surface area contributed by atoms with Crippen LogP contribution in [0.5, 0.6) is 0 Å². The lowest BCUT2D eigenvalue weighted by Crippen LogP contribution is -2.18. The average Bonchev–Trinajstić information content (AvgIpc) is 2.76. The van der Waals surface area contributed by atoms with Crippen molar-refractivity contribution in [2.75, 3.05) is 5.73 Å².